The number of hydrogen-bond acceptors (Lipinski definition) is 3. The molecule has 1 aliphatic rings. The highest BCUT2D eigenvalue weighted by atomic mass is 35.5. The van der Waals surface area contributed by atoms with Crippen molar-refractivity contribution in [2.45, 2.75) is 43.6 Å². The summed E-state index contributed by atoms with van der Waals surface area (Å²) in [6.45, 7) is 0. The van der Waals surface area contributed by atoms with Crippen molar-refractivity contribution in [3.05, 3.63) is 28.5 Å². The monoisotopic (exact) mass is 309 g/mol. The Morgan fingerprint density at radius 1 is 1.45 bits per heavy atom. The Morgan fingerprint density at radius 3 is 2.50 bits per heavy atom. The van der Waals surface area contributed by atoms with Gasteiger partial charge in [0.05, 0.1) is 11.7 Å². The molecule has 0 bridgehead atoms. The van der Waals surface area contributed by atoms with Crippen LogP contribution < -0.4 is 0 Å². The highest BCUT2D eigenvalue weighted by Crippen LogP contribution is 2.42. The van der Waals surface area contributed by atoms with Crippen molar-refractivity contribution < 1.29 is 23.0 Å². The average molecular weight is 310 g/mol. The number of pyridine rings is 1. The van der Waals surface area contributed by atoms with Gasteiger partial charge in [-0.2, -0.15) is 13.2 Å². The molecule has 1 aromatic rings. The Labute approximate surface area is 119 Å². The van der Waals surface area contributed by atoms with Gasteiger partial charge in [0.25, 0.3) is 0 Å². The van der Waals surface area contributed by atoms with Gasteiger partial charge < -0.3 is 9.84 Å². The molecule has 1 N–H and O–H groups in total. The predicted octanol–water partition coefficient (Wildman–Crippen LogP) is 3.75. The van der Waals surface area contributed by atoms with Crippen LogP contribution in [-0.2, 0) is 10.9 Å². The summed E-state index contributed by atoms with van der Waals surface area (Å²) in [5, 5.41) is 9.82. The third-order valence-corrected chi connectivity index (χ3v) is 4.09. The molecule has 1 heterocycles. The number of aromatic nitrogens is 1. The molecule has 2 rings (SSSR count). The van der Waals surface area contributed by atoms with Gasteiger partial charge in [-0.1, -0.05) is 17.7 Å². The lowest BCUT2D eigenvalue weighted by Crippen LogP contribution is -2.40. The van der Waals surface area contributed by atoms with E-state index >= 15 is 0 Å². The number of halogens is 4. The van der Waals surface area contributed by atoms with Crippen LogP contribution in [0.1, 0.15) is 43.0 Å². The quantitative estimate of drug-likeness (QED) is 0.861. The number of alkyl halides is 3. The van der Waals surface area contributed by atoms with E-state index in [1.165, 1.54) is 6.07 Å². The number of methoxy groups -OCH3 is 1. The average Bonchev–Trinajstić information content (AvgIpc) is 2.32. The molecular weight excluding hydrogens is 295 g/mol. The van der Waals surface area contributed by atoms with E-state index in [9.17, 15) is 18.3 Å². The zero-order valence-corrected chi connectivity index (χ0v) is 11.6. The molecule has 112 valence electrons. The van der Waals surface area contributed by atoms with Crippen molar-refractivity contribution in [2.24, 2.45) is 0 Å². The van der Waals surface area contributed by atoms with Crippen LogP contribution in [0.2, 0.25) is 5.15 Å². The first-order valence-electron chi connectivity index (χ1n) is 6.24. The van der Waals surface area contributed by atoms with Crippen LogP contribution in [0.25, 0.3) is 0 Å². The second-order valence-corrected chi connectivity index (χ2v) is 5.39. The standard InChI is InChI=1S/C13H15ClF3NO2/c1-20-12(5-2-6-12)7-9(19)8-3-4-10(13(15,16)17)18-11(8)14/h3-4,9,19H,2,5-7H2,1H3. The van der Waals surface area contributed by atoms with Crippen LogP contribution in [-0.4, -0.2) is 22.8 Å². The molecule has 1 saturated carbocycles. The molecule has 7 heteroatoms. The number of aliphatic hydroxyl groups excluding tert-OH is 1. The van der Waals surface area contributed by atoms with Crippen LogP contribution in [0.15, 0.2) is 12.1 Å². The summed E-state index contributed by atoms with van der Waals surface area (Å²) in [6.07, 6.45) is -2.57. The third-order valence-electron chi connectivity index (χ3n) is 3.79. The van der Waals surface area contributed by atoms with Gasteiger partial charge in [0.2, 0.25) is 0 Å². The van der Waals surface area contributed by atoms with Crippen LogP contribution in [0.4, 0.5) is 13.2 Å². The second kappa shape index (κ2) is 5.50. The van der Waals surface area contributed by atoms with E-state index in [-0.39, 0.29) is 10.7 Å². The lowest BCUT2D eigenvalue weighted by molar-refractivity contribution is -0.141. The zero-order valence-electron chi connectivity index (χ0n) is 10.9. The smallest absolute Gasteiger partial charge is 0.388 e. The van der Waals surface area contributed by atoms with Gasteiger partial charge in [-0.3, -0.25) is 0 Å². The fourth-order valence-electron chi connectivity index (χ4n) is 2.38. The summed E-state index contributed by atoms with van der Waals surface area (Å²) in [4.78, 5) is 3.30. The maximum Gasteiger partial charge on any atom is 0.433 e. The van der Waals surface area contributed by atoms with E-state index in [0.717, 1.165) is 25.3 Å². The molecule has 0 saturated heterocycles. The molecule has 1 aromatic heterocycles. The Hall–Kier alpha value is -0.850. The van der Waals surface area contributed by atoms with Crippen LogP contribution >= 0.6 is 11.6 Å². The van der Waals surface area contributed by atoms with Crippen LogP contribution in [0, 0.1) is 0 Å². The largest absolute Gasteiger partial charge is 0.433 e. The molecular formula is C13H15ClF3NO2. The van der Waals surface area contributed by atoms with Crippen molar-refractivity contribution in [1.82, 2.24) is 4.98 Å². The van der Waals surface area contributed by atoms with Gasteiger partial charge in [-0.05, 0) is 25.3 Å². The lowest BCUT2D eigenvalue weighted by Gasteiger charge is -2.41. The van der Waals surface area contributed by atoms with Gasteiger partial charge in [0, 0.05) is 19.1 Å². The molecule has 20 heavy (non-hydrogen) atoms. The minimum Gasteiger partial charge on any atom is -0.388 e. The van der Waals surface area contributed by atoms with Crippen molar-refractivity contribution >= 4 is 11.6 Å². The van der Waals surface area contributed by atoms with Gasteiger partial charge in [-0.25, -0.2) is 4.98 Å². The van der Waals surface area contributed by atoms with E-state index in [0.29, 0.717) is 6.42 Å². The van der Waals surface area contributed by atoms with Gasteiger partial charge in [0.15, 0.2) is 0 Å². The van der Waals surface area contributed by atoms with Crippen molar-refractivity contribution in [2.75, 3.05) is 7.11 Å². The topological polar surface area (TPSA) is 42.4 Å². The normalized spacial score (nSPS) is 19.5. The maximum atomic E-state index is 12.5. The van der Waals surface area contributed by atoms with E-state index in [2.05, 4.69) is 4.98 Å². The summed E-state index contributed by atoms with van der Waals surface area (Å²) in [7, 11) is 1.57. The van der Waals surface area contributed by atoms with Crippen molar-refractivity contribution in [1.29, 1.82) is 0 Å². The fraction of sp³-hybridized carbons (Fsp3) is 0.615. The van der Waals surface area contributed by atoms with E-state index in [1.54, 1.807) is 7.11 Å². The van der Waals surface area contributed by atoms with Gasteiger partial charge >= 0.3 is 6.18 Å². The Kier molecular flexibility index (Phi) is 4.27. The number of aliphatic hydroxyl groups is 1. The molecule has 0 amide bonds. The second-order valence-electron chi connectivity index (χ2n) is 5.03. The predicted molar refractivity (Wildman–Crippen MR) is 67.4 cm³/mol. The molecule has 1 fully saturated rings. The first-order chi connectivity index (χ1) is 9.27. The Balaban J connectivity index is 2.16. The summed E-state index contributed by atoms with van der Waals surface area (Å²) < 4.78 is 42.8. The summed E-state index contributed by atoms with van der Waals surface area (Å²) >= 11 is 5.75. The van der Waals surface area contributed by atoms with Gasteiger partial charge in [-0.15, -0.1) is 0 Å². The number of hydrogen-bond donors (Lipinski definition) is 1. The molecule has 1 atom stereocenters. The first-order valence-corrected chi connectivity index (χ1v) is 6.62. The zero-order chi connectivity index (χ0) is 15.0. The van der Waals surface area contributed by atoms with Crippen molar-refractivity contribution in [3.63, 3.8) is 0 Å². The van der Waals surface area contributed by atoms with E-state index in [4.69, 9.17) is 16.3 Å². The minimum absolute atomic E-state index is 0.197. The summed E-state index contributed by atoms with van der Waals surface area (Å²) in [5.74, 6) is 0. The Bertz CT molecular complexity index is 483. The summed E-state index contributed by atoms with van der Waals surface area (Å²) in [6, 6.07) is 2.00. The molecule has 0 aliphatic heterocycles. The molecule has 0 aromatic carbocycles. The van der Waals surface area contributed by atoms with E-state index in [1.807, 2.05) is 0 Å². The molecule has 3 nitrogen and oxygen atoms in total. The Morgan fingerprint density at radius 2 is 2.10 bits per heavy atom. The highest BCUT2D eigenvalue weighted by Gasteiger charge is 2.40. The molecule has 1 aliphatic carbocycles. The number of ether oxygens (including phenoxy) is 1. The lowest BCUT2D eigenvalue weighted by atomic mass is 9.75. The van der Waals surface area contributed by atoms with Crippen LogP contribution in [0.5, 0.6) is 0 Å². The van der Waals surface area contributed by atoms with Gasteiger partial charge in [0.1, 0.15) is 10.8 Å². The van der Waals surface area contributed by atoms with Crippen LogP contribution in [0.3, 0.4) is 0 Å². The number of rotatable bonds is 4. The van der Waals surface area contributed by atoms with Crippen molar-refractivity contribution in [3.8, 4) is 0 Å². The maximum absolute atomic E-state index is 12.5. The summed E-state index contributed by atoms with van der Waals surface area (Å²) in [5.41, 5.74) is -1.27. The molecule has 0 spiro atoms. The SMILES string of the molecule is COC1(CC(O)c2ccc(C(F)(F)F)nc2Cl)CCC1. The third kappa shape index (κ3) is 3.07. The minimum atomic E-state index is -4.55. The molecule has 1 unspecified atom stereocenters. The first kappa shape index (κ1) is 15.5. The number of nitrogens with zero attached hydrogens (tertiary/aromatic N) is 1. The molecule has 0 radical (unpaired) electrons. The highest BCUT2D eigenvalue weighted by molar-refractivity contribution is 6.30. The van der Waals surface area contributed by atoms with E-state index < -0.39 is 23.6 Å². The fourth-order valence-corrected chi connectivity index (χ4v) is 2.66.